The second kappa shape index (κ2) is 30.7. The maximum Gasteiger partial charge on any atom is 0.186 e. The molecule has 0 aromatic heterocycles. The molecule has 1 aliphatic rings. The fourth-order valence-corrected chi connectivity index (χ4v) is 6.62. The molecule has 0 unspecified atom stereocenters. The van der Waals surface area contributed by atoms with Gasteiger partial charge >= 0.3 is 0 Å². The largest absolute Gasteiger partial charge is 0.394 e. The second-order valence-electron chi connectivity index (χ2n) is 14.5. The van der Waals surface area contributed by atoms with Gasteiger partial charge in [0.2, 0.25) is 0 Å². The van der Waals surface area contributed by atoms with E-state index in [1.165, 1.54) is 109 Å². The topological polar surface area (TPSA) is 157 Å². The van der Waals surface area contributed by atoms with E-state index in [2.05, 4.69) is 13.8 Å². The van der Waals surface area contributed by atoms with E-state index < -0.39 is 61.2 Å². The van der Waals surface area contributed by atoms with Crippen LogP contribution in [0.3, 0.4) is 0 Å². The third kappa shape index (κ3) is 21.3. The summed E-state index contributed by atoms with van der Waals surface area (Å²) in [5.41, 5.74) is 0. The third-order valence-electron chi connectivity index (χ3n) is 10.0. The van der Waals surface area contributed by atoms with Crippen molar-refractivity contribution in [2.24, 2.45) is 5.92 Å². The molecule has 9 heteroatoms. The zero-order valence-corrected chi connectivity index (χ0v) is 31.3. The van der Waals surface area contributed by atoms with Gasteiger partial charge < -0.3 is 40.1 Å². The molecule has 0 bridgehead atoms. The first-order valence-corrected chi connectivity index (χ1v) is 20.3. The molecule has 1 aliphatic heterocycles. The van der Waals surface area contributed by atoms with Crippen molar-refractivity contribution in [2.75, 3.05) is 13.2 Å². The fraction of sp³-hybridized carbons (Fsp3) is 0.925. The molecule has 1 heterocycles. The van der Waals surface area contributed by atoms with Gasteiger partial charge in [0.05, 0.1) is 25.2 Å². The number of aliphatic hydroxyl groups is 6. The van der Waals surface area contributed by atoms with Gasteiger partial charge in [-0.2, -0.15) is 0 Å². The Hall–Kier alpha value is -0.910. The van der Waals surface area contributed by atoms with Crippen LogP contribution in [0.15, 0.2) is 12.2 Å². The lowest BCUT2D eigenvalue weighted by molar-refractivity contribution is -0.303. The summed E-state index contributed by atoms with van der Waals surface area (Å²) in [5.74, 6) is -1.66. The first-order chi connectivity index (χ1) is 23.8. The Bertz CT molecular complexity index is 792. The Morgan fingerprint density at radius 3 is 1.57 bits per heavy atom. The first kappa shape index (κ1) is 46.1. The molecule has 0 aromatic carbocycles. The number of rotatable bonds is 33. The van der Waals surface area contributed by atoms with Crippen LogP contribution >= 0.6 is 0 Å². The standard InChI is InChI=1S/C40H76O9/c1-3-5-7-9-11-13-14-15-16-17-18-19-21-23-25-27-29-34(43)36(44)32(33(42)28-26-24-22-20-12-10-8-6-4-2)31-48-40-39(47)38(46)37(45)35(30-41)49-40/h26,28,32-35,37-43,45-47H,3-25,27,29-31H2,1-2H3/b28-26+/t32-,33+,34+,35+,37-,38-,39+,40+/m0/s1. The summed E-state index contributed by atoms with van der Waals surface area (Å²) in [5, 5.41) is 61.8. The highest BCUT2D eigenvalue weighted by Gasteiger charge is 2.44. The lowest BCUT2D eigenvalue weighted by Gasteiger charge is -2.40. The molecular formula is C40H76O9. The Labute approximate surface area is 298 Å². The number of ketones is 1. The molecule has 49 heavy (non-hydrogen) atoms. The van der Waals surface area contributed by atoms with Crippen molar-refractivity contribution in [1.82, 2.24) is 0 Å². The lowest BCUT2D eigenvalue weighted by atomic mass is 9.91. The van der Waals surface area contributed by atoms with Crippen LogP contribution in [-0.4, -0.2) is 92.5 Å². The Kier molecular flexibility index (Phi) is 28.9. The van der Waals surface area contributed by atoms with E-state index in [1.54, 1.807) is 6.08 Å². The molecule has 1 fully saturated rings. The summed E-state index contributed by atoms with van der Waals surface area (Å²) < 4.78 is 11.1. The van der Waals surface area contributed by atoms with Crippen molar-refractivity contribution in [3.8, 4) is 0 Å². The molecular weight excluding hydrogens is 624 g/mol. The van der Waals surface area contributed by atoms with E-state index in [4.69, 9.17) is 9.47 Å². The van der Waals surface area contributed by atoms with Gasteiger partial charge in [-0.25, -0.2) is 0 Å². The van der Waals surface area contributed by atoms with E-state index in [-0.39, 0.29) is 6.61 Å². The zero-order valence-electron chi connectivity index (χ0n) is 31.3. The number of carbonyl (C=O) groups is 1. The van der Waals surface area contributed by atoms with Gasteiger partial charge in [-0.05, 0) is 19.3 Å². The predicted molar refractivity (Wildman–Crippen MR) is 196 cm³/mol. The van der Waals surface area contributed by atoms with E-state index in [0.29, 0.717) is 12.8 Å². The van der Waals surface area contributed by atoms with Crippen LogP contribution in [0.25, 0.3) is 0 Å². The molecule has 0 radical (unpaired) electrons. The Morgan fingerprint density at radius 2 is 1.10 bits per heavy atom. The van der Waals surface area contributed by atoms with Crippen molar-refractivity contribution < 1.29 is 44.9 Å². The molecule has 0 aromatic rings. The van der Waals surface area contributed by atoms with Crippen molar-refractivity contribution in [2.45, 2.75) is 217 Å². The maximum atomic E-state index is 13.4. The predicted octanol–water partition coefficient (Wildman–Crippen LogP) is 7.06. The quantitative estimate of drug-likeness (QED) is 0.0312. The van der Waals surface area contributed by atoms with E-state index in [0.717, 1.165) is 38.5 Å². The molecule has 6 N–H and O–H groups in total. The summed E-state index contributed by atoms with van der Waals surface area (Å²) in [7, 11) is 0. The lowest BCUT2D eigenvalue weighted by Crippen LogP contribution is -2.59. The summed E-state index contributed by atoms with van der Waals surface area (Å²) in [4.78, 5) is 13.4. The van der Waals surface area contributed by atoms with Gasteiger partial charge in [0, 0.05) is 0 Å². The number of hydrogen-bond acceptors (Lipinski definition) is 9. The smallest absolute Gasteiger partial charge is 0.186 e. The molecule has 0 spiro atoms. The Balaban J connectivity index is 2.46. The van der Waals surface area contributed by atoms with Crippen LogP contribution in [0.2, 0.25) is 0 Å². The number of allylic oxidation sites excluding steroid dienone is 1. The normalized spacial score (nSPS) is 23.2. The minimum absolute atomic E-state index is 0.294. The third-order valence-corrected chi connectivity index (χ3v) is 10.0. The summed E-state index contributed by atoms with van der Waals surface area (Å²) >= 11 is 0. The first-order valence-electron chi connectivity index (χ1n) is 20.3. The second-order valence-corrected chi connectivity index (χ2v) is 14.5. The van der Waals surface area contributed by atoms with Crippen LogP contribution in [0.1, 0.15) is 174 Å². The highest BCUT2D eigenvalue weighted by molar-refractivity contribution is 5.86. The minimum Gasteiger partial charge on any atom is -0.394 e. The zero-order chi connectivity index (χ0) is 36.1. The van der Waals surface area contributed by atoms with Gasteiger partial charge in [0.25, 0.3) is 0 Å². The highest BCUT2D eigenvalue weighted by Crippen LogP contribution is 2.24. The molecule has 1 rings (SSSR count). The monoisotopic (exact) mass is 701 g/mol. The van der Waals surface area contributed by atoms with Gasteiger partial charge in [-0.15, -0.1) is 0 Å². The van der Waals surface area contributed by atoms with E-state index in [1.807, 2.05) is 6.08 Å². The summed E-state index contributed by atoms with van der Waals surface area (Å²) in [6, 6.07) is 0. The molecule has 0 aliphatic carbocycles. The van der Waals surface area contributed by atoms with Crippen LogP contribution in [-0.2, 0) is 14.3 Å². The van der Waals surface area contributed by atoms with Crippen molar-refractivity contribution in [1.29, 1.82) is 0 Å². The number of aliphatic hydroxyl groups excluding tert-OH is 6. The average Bonchev–Trinajstić information content (AvgIpc) is 3.10. The number of ether oxygens (including phenoxy) is 2. The average molecular weight is 701 g/mol. The van der Waals surface area contributed by atoms with E-state index >= 15 is 0 Å². The van der Waals surface area contributed by atoms with Gasteiger partial charge in [0.15, 0.2) is 12.1 Å². The van der Waals surface area contributed by atoms with Gasteiger partial charge in [0.1, 0.15) is 30.5 Å². The number of Topliss-reactive ketones (excluding diaryl/α,β-unsaturated/α-hetero) is 1. The number of unbranched alkanes of at least 4 members (excludes halogenated alkanes) is 22. The van der Waals surface area contributed by atoms with Crippen molar-refractivity contribution in [3.63, 3.8) is 0 Å². The summed E-state index contributed by atoms with van der Waals surface area (Å²) in [6.07, 6.45) is 22.7. The fourth-order valence-electron chi connectivity index (χ4n) is 6.62. The molecule has 8 atom stereocenters. The van der Waals surface area contributed by atoms with Crippen molar-refractivity contribution in [3.05, 3.63) is 12.2 Å². The van der Waals surface area contributed by atoms with Crippen molar-refractivity contribution >= 4 is 5.78 Å². The van der Waals surface area contributed by atoms with Gasteiger partial charge in [-0.1, -0.05) is 167 Å². The van der Waals surface area contributed by atoms with Crippen LogP contribution in [0.5, 0.6) is 0 Å². The maximum absolute atomic E-state index is 13.4. The van der Waals surface area contributed by atoms with Gasteiger partial charge in [-0.3, -0.25) is 4.79 Å². The highest BCUT2D eigenvalue weighted by atomic mass is 16.7. The number of hydrogen-bond donors (Lipinski definition) is 6. The minimum atomic E-state index is -1.62. The van der Waals surface area contributed by atoms with E-state index in [9.17, 15) is 35.4 Å². The SMILES string of the molecule is CCCCCCCCC/C=C/[C@@H](O)[C@H](CO[C@@H]1O[C@H](CO)[C@H](O)[C@H](O)[C@H]1O)C(=O)[C@H](O)CCCCCCCCCCCCCCCCCC. The molecule has 9 nitrogen and oxygen atoms in total. The van der Waals surface area contributed by atoms with Crippen LogP contribution in [0, 0.1) is 5.92 Å². The summed E-state index contributed by atoms with van der Waals surface area (Å²) in [6.45, 7) is 3.48. The molecule has 0 saturated carbocycles. The number of carbonyl (C=O) groups excluding carboxylic acids is 1. The Morgan fingerprint density at radius 1 is 0.653 bits per heavy atom. The van der Waals surface area contributed by atoms with Crippen LogP contribution < -0.4 is 0 Å². The van der Waals surface area contributed by atoms with Crippen LogP contribution in [0.4, 0.5) is 0 Å². The molecule has 290 valence electrons. The molecule has 1 saturated heterocycles. The molecule has 0 amide bonds.